The van der Waals surface area contributed by atoms with Gasteiger partial charge >= 0.3 is 0 Å². The van der Waals surface area contributed by atoms with E-state index in [-0.39, 0.29) is 12.6 Å². The van der Waals surface area contributed by atoms with E-state index in [1.807, 2.05) is 96.5 Å². The molecule has 0 saturated carbocycles. The first-order valence-corrected chi connectivity index (χ1v) is 13.3. The number of anilines is 2. The van der Waals surface area contributed by atoms with E-state index < -0.39 is 6.04 Å². The van der Waals surface area contributed by atoms with Crippen molar-refractivity contribution in [1.82, 2.24) is 9.78 Å². The summed E-state index contributed by atoms with van der Waals surface area (Å²) in [5.41, 5.74) is 5.32. The van der Waals surface area contributed by atoms with Gasteiger partial charge in [0.25, 0.3) is 0 Å². The van der Waals surface area contributed by atoms with Gasteiger partial charge in [0.1, 0.15) is 5.82 Å². The fraction of sp³-hybridized carbons (Fsp3) is 0.0938. The van der Waals surface area contributed by atoms with E-state index in [2.05, 4.69) is 10.2 Å². The molecule has 4 heterocycles. The molecule has 200 valence electrons. The summed E-state index contributed by atoms with van der Waals surface area (Å²) in [4.78, 5) is 12.2. The average Bonchev–Trinajstić information content (AvgIpc) is 3.61. The normalized spacial score (nSPS) is 16.3. The minimum Gasteiger partial charge on any atom is -0.454 e. The molecule has 3 aliphatic rings. The summed E-state index contributed by atoms with van der Waals surface area (Å²) in [5.74, 6) is 2.75. The number of ether oxygens (including phenoxy) is 2. The van der Waals surface area contributed by atoms with E-state index in [9.17, 15) is 0 Å². The van der Waals surface area contributed by atoms with Gasteiger partial charge in [-0.05, 0) is 49.4 Å². The summed E-state index contributed by atoms with van der Waals surface area (Å²) < 4.78 is 28.6. The van der Waals surface area contributed by atoms with Gasteiger partial charge in [-0.1, -0.05) is 48.5 Å². The first kappa shape index (κ1) is 23.4. The molecule has 1 atom stereocenters. The van der Waals surface area contributed by atoms with Crippen LogP contribution in [0.1, 0.15) is 22.9 Å². The van der Waals surface area contributed by atoms with E-state index in [0.29, 0.717) is 34.6 Å². The number of halogens is 1. The summed E-state index contributed by atoms with van der Waals surface area (Å²) in [7, 11) is 0. The highest BCUT2D eigenvalue weighted by Crippen LogP contribution is 2.48. The van der Waals surface area contributed by atoms with Crippen molar-refractivity contribution in [1.29, 1.82) is 0 Å². The third-order valence-corrected chi connectivity index (χ3v) is 7.47. The second-order valence-electron chi connectivity index (χ2n) is 9.94. The van der Waals surface area contributed by atoms with Crippen LogP contribution in [0.3, 0.4) is 0 Å². The highest BCUT2D eigenvalue weighted by Gasteiger charge is 2.42. The predicted octanol–water partition coefficient (Wildman–Crippen LogP) is 6.84. The third kappa shape index (κ3) is 3.70. The number of nitrogens with zero attached hydrogens (tertiary/aromatic N) is 5. The Kier molecular flexibility index (Phi) is 5.18. The molecule has 41 heavy (non-hydrogen) atoms. The molecule has 0 aliphatic carbocycles. The standard InChI is InChI=1S/C32H23FN6O2/c1-19-28-29(22-11-5-6-12-23(22)33)38-25-14-8-7-13-24(25)35-30(34-20-15-16-26-27(17-20)41-18-40-26)32(38)36-31(28)39(37-19)21-9-3-2-4-10-21/h2-17,29H,18H2,1H3,(H,34,35)/t29-/m0/s1. The Morgan fingerprint density at radius 3 is 2.51 bits per heavy atom. The Balaban J connectivity index is 1.37. The zero-order valence-electron chi connectivity index (χ0n) is 22.0. The fourth-order valence-electron chi connectivity index (χ4n) is 5.65. The molecular weight excluding hydrogens is 519 g/mol. The summed E-state index contributed by atoms with van der Waals surface area (Å²) in [6.07, 6.45) is 0. The number of rotatable bonds is 3. The van der Waals surface area contributed by atoms with Crippen molar-refractivity contribution in [3.05, 3.63) is 120 Å². The lowest BCUT2D eigenvalue weighted by atomic mass is 9.93. The van der Waals surface area contributed by atoms with Crippen LogP contribution in [0.2, 0.25) is 0 Å². The maximum atomic E-state index is 15.7. The number of amidine groups is 2. The van der Waals surface area contributed by atoms with Crippen LogP contribution in [0.5, 0.6) is 11.5 Å². The predicted molar refractivity (Wildman–Crippen MR) is 156 cm³/mol. The molecule has 0 amide bonds. The molecule has 0 radical (unpaired) electrons. The van der Waals surface area contributed by atoms with Crippen LogP contribution >= 0.6 is 0 Å². The van der Waals surface area contributed by atoms with Gasteiger partial charge in [-0.25, -0.2) is 19.1 Å². The number of fused-ring (bicyclic) bond motifs is 5. The number of aliphatic imine (C=N–C) groups is 2. The smallest absolute Gasteiger partial charge is 0.231 e. The van der Waals surface area contributed by atoms with Crippen molar-refractivity contribution >= 4 is 34.6 Å². The van der Waals surface area contributed by atoms with Crippen LogP contribution in [0.25, 0.3) is 5.69 Å². The summed E-state index contributed by atoms with van der Waals surface area (Å²) in [6.45, 7) is 2.13. The Labute approximate surface area is 235 Å². The van der Waals surface area contributed by atoms with Crippen molar-refractivity contribution < 1.29 is 13.9 Å². The lowest BCUT2D eigenvalue weighted by molar-refractivity contribution is 0.174. The Hall–Kier alpha value is -5.44. The SMILES string of the molecule is Cc1nn(-c2ccccc2)c2c1[C@H](c1ccccc1F)N1C(=N2)C(Nc2ccc3c(c2)OCO3)=Nc2ccccc21. The first-order valence-electron chi connectivity index (χ1n) is 13.3. The van der Waals surface area contributed by atoms with Crippen molar-refractivity contribution in [3.63, 3.8) is 0 Å². The van der Waals surface area contributed by atoms with E-state index in [1.165, 1.54) is 6.07 Å². The zero-order chi connectivity index (χ0) is 27.5. The summed E-state index contributed by atoms with van der Waals surface area (Å²) >= 11 is 0. The third-order valence-electron chi connectivity index (χ3n) is 7.47. The van der Waals surface area contributed by atoms with Crippen molar-refractivity contribution in [2.24, 2.45) is 9.98 Å². The van der Waals surface area contributed by atoms with Gasteiger partial charge in [-0.2, -0.15) is 5.10 Å². The van der Waals surface area contributed by atoms with E-state index in [4.69, 9.17) is 24.6 Å². The number of hydrogen-bond donors (Lipinski definition) is 1. The molecule has 0 unspecified atom stereocenters. The molecule has 0 saturated heterocycles. The minimum absolute atomic E-state index is 0.184. The van der Waals surface area contributed by atoms with Crippen molar-refractivity contribution in [2.75, 3.05) is 17.0 Å². The lowest BCUT2D eigenvalue weighted by Gasteiger charge is -2.40. The Morgan fingerprint density at radius 1 is 0.854 bits per heavy atom. The monoisotopic (exact) mass is 542 g/mol. The van der Waals surface area contributed by atoms with Crippen molar-refractivity contribution in [3.8, 4) is 17.2 Å². The topological polar surface area (TPSA) is 76.3 Å². The first-order chi connectivity index (χ1) is 20.2. The van der Waals surface area contributed by atoms with Gasteiger partial charge in [0, 0.05) is 22.9 Å². The quantitative estimate of drug-likeness (QED) is 0.270. The van der Waals surface area contributed by atoms with Gasteiger partial charge in [0.2, 0.25) is 6.79 Å². The highest BCUT2D eigenvalue weighted by molar-refractivity contribution is 6.51. The second kappa shape index (κ2) is 9.06. The van der Waals surface area contributed by atoms with Crippen LogP contribution in [0.15, 0.2) is 107 Å². The van der Waals surface area contributed by atoms with Crippen LogP contribution in [-0.2, 0) is 0 Å². The largest absolute Gasteiger partial charge is 0.454 e. The zero-order valence-corrected chi connectivity index (χ0v) is 22.0. The van der Waals surface area contributed by atoms with Gasteiger partial charge < -0.3 is 19.7 Å². The molecule has 1 N–H and O–H groups in total. The van der Waals surface area contributed by atoms with Gasteiger partial charge in [-0.15, -0.1) is 0 Å². The van der Waals surface area contributed by atoms with Gasteiger partial charge in [0.15, 0.2) is 29.0 Å². The molecule has 8 nitrogen and oxygen atoms in total. The Bertz CT molecular complexity index is 1900. The minimum atomic E-state index is -0.540. The molecule has 4 aromatic carbocycles. The number of hydrogen-bond acceptors (Lipinski definition) is 7. The van der Waals surface area contributed by atoms with Gasteiger partial charge in [-0.3, -0.25) is 0 Å². The maximum absolute atomic E-state index is 15.7. The molecule has 0 spiro atoms. The second-order valence-corrected chi connectivity index (χ2v) is 9.94. The molecule has 1 aromatic heterocycles. The van der Waals surface area contributed by atoms with E-state index in [1.54, 1.807) is 6.07 Å². The van der Waals surface area contributed by atoms with E-state index >= 15 is 4.39 Å². The van der Waals surface area contributed by atoms with Gasteiger partial charge in [0.05, 0.1) is 28.8 Å². The molecule has 9 heteroatoms. The van der Waals surface area contributed by atoms with E-state index in [0.717, 1.165) is 34.0 Å². The summed E-state index contributed by atoms with van der Waals surface area (Å²) in [5, 5.41) is 8.35. The number of aromatic nitrogens is 2. The molecule has 3 aliphatic heterocycles. The molecule has 8 rings (SSSR count). The molecule has 5 aromatic rings. The highest BCUT2D eigenvalue weighted by atomic mass is 19.1. The maximum Gasteiger partial charge on any atom is 0.231 e. The fourth-order valence-corrected chi connectivity index (χ4v) is 5.65. The number of nitrogens with one attached hydrogen (secondary N) is 1. The lowest BCUT2D eigenvalue weighted by Crippen LogP contribution is -2.46. The molecule has 0 fully saturated rings. The van der Waals surface area contributed by atoms with Crippen LogP contribution < -0.4 is 19.7 Å². The summed E-state index contributed by atoms with van der Waals surface area (Å²) in [6, 6.07) is 29.6. The van der Waals surface area contributed by atoms with Crippen LogP contribution in [0, 0.1) is 12.7 Å². The number of benzene rings is 4. The molecular formula is C32H23FN6O2. The van der Waals surface area contributed by atoms with Crippen molar-refractivity contribution in [2.45, 2.75) is 13.0 Å². The molecule has 0 bridgehead atoms. The average molecular weight is 543 g/mol. The number of aryl methyl sites for hydroxylation is 1. The van der Waals surface area contributed by atoms with Crippen LogP contribution in [0.4, 0.5) is 27.3 Å². The Morgan fingerprint density at radius 2 is 1.63 bits per heavy atom. The number of para-hydroxylation sites is 3. The van der Waals surface area contributed by atoms with Crippen LogP contribution in [-0.4, -0.2) is 28.2 Å².